The summed E-state index contributed by atoms with van der Waals surface area (Å²) < 4.78 is 0. The zero-order valence-corrected chi connectivity index (χ0v) is 13.2. The van der Waals surface area contributed by atoms with E-state index in [0.29, 0.717) is 5.41 Å². The van der Waals surface area contributed by atoms with Crippen molar-refractivity contribution in [2.24, 2.45) is 28.6 Å². The first-order valence-electron chi connectivity index (χ1n) is 8.93. The van der Waals surface area contributed by atoms with Crippen molar-refractivity contribution < 1.29 is 5.11 Å². The fourth-order valence-electron chi connectivity index (χ4n) is 6.73. The Balaban J connectivity index is 1.68. The van der Waals surface area contributed by atoms with Gasteiger partial charge in [0, 0.05) is 0 Å². The average Bonchev–Trinajstić information content (AvgIpc) is 2.74. The van der Waals surface area contributed by atoms with Gasteiger partial charge in [0.1, 0.15) is 0 Å². The molecule has 0 heterocycles. The van der Waals surface area contributed by atoms with E-state index in [9.17, 15) is 5.11 Å². The van der Waals surface area contributed by atoms with Gasteiger partial charge in [-0.2, -0.15) is 0 Å². The van der Waals surface area contributed by atoms with Crippen molar-refractivity contribution in [1.29, 1.82) is 0 Å². The monoisotopic (exact) mass is 274 g/mol. The first-order chi connectivity index (χ1) is 9.56. The van der Waals surface area contributed by atoms with Crippen LogP contribution in [-0.2, 0) is 0 Å². The maximum absolute atomic E-state index is 10.5. The SMILES string of the molecule is C[C@]12CCCC=C1CC[C@@H]1[C@H]2CC[C@]2(C)C(O)CC[C@@H]12. The molecule has 4 rings (SSSR count). The molecule has 0 aromatic carbocycles. The summed E-state index contributed by atoms with van der Waals surface area (Å²) in [5.74, 6) is 2.61. The molecule has 0 aromatic heterocycles. The van der Waals surface area contributed by atoms with E-state index in [0.717, 1.165) is 24.2 Å². The molecule has 1 heteroatoms. The predicted molar refractivity (Wildman–Crippen MR) is 82.3 cm³/mol. The summed E-state index contributed by atoms with van der Waals surface area (Å²) in [4.78, 5) is 0. The topological polar surface area (TPSA) is 20.2 Å². The van der Waals surface area contributed by atoms with Gasteiger partial charge in [0.25, 0.3) is 0 Å². The van der Waals surface area contributed by atoms with Crippen LogP contribution in [0.3, 0.4) is 0 Å². The first-order valence-corrected chi connectivity index (χ1v) is 8.93. The highest BCUT2D eigenvalue weighted by Gasteiger charge is 2.58. The molecule has 0 aliphatic heterocycles. The summed E-state index contributed by atoms with van der Waals surface area (Å²) in [7, 11) is 0. The number of hydrogen-bond donors (Lipinski definition) is 1. The summed E-state index contributed by atoms with van der Waals surface area (Å²) in [6, 6.07) is 0. The molecule has 4 aliphatic carbocycles. The van der Waals surface area contributed by atoms with Crippen molar-refractivity contribution in [3.05, 3.63) is 11.6 Å². The highest BCUT2D eigenvalue weighted by atomic mass is 16.3. The molecule has 0 amide bonds. The Kier molecular flexibility index (Phi) is 2.91. The molecule has 6 atom stereocenters. The molecule has 1 nitrogen and oxygen atoms in total. The van der Waals surface area contributed by atoms with Crippen LogP contribution in [0.25, 0.3) is 0 Å². The quantitative estimate of drug-likeness (QED) is 0.635. The molecular weight excluding hydrogens is 244 g/mol. The van der Waals surface area contributed by atoms with E-state index in [1.807, 2.05) is 0 Å². The molecule has 4 aliphatic rings. The maximum atomic E-state index is 10.5. The van der Waals surface area contributed by atoms with Crippen molar-refractivity contribution in [3.8, 4) is 0 Å². The van der Waals surface area contributed by atoms with Gasteiger partial charge in [0.15, 0.2) is 0 Å². The Morgan fingerprint density at radius 3 is 2.75 bits per heavy atom. The molecular formula is C19H30O. The lowest BCUT2D eigenvalue weighted by Crippen LogP contribution is -2.50. The Labute approximate surface area is 123 Å². The molecule has 0 saturated heterocycles. The third-order valence-corrected chi connectivity index (χ3v) is 7.98. The number of aliphatic hydroxyl groups is 1. The van der Waals surface area contributed by atoms with Gasteiger partial charge in [-0.25, -0.2) is 0 Å². The Morgan fingerprint density at radius 1 is 1.05 bits per heavy atom. The van der Waals surface area contributed by atoms with Gasteiger partial charge in [-0.1, -0.05) is 25.5 Å². The van der Waals surface area contributed by atoms with E-state index in [2.05, 4.69) is 19.9 Å². The first kappa shape index (κ1) is 13.4. The Bertz CT molecular complexity index is 439. The van der Waals surface area contributed by atoms with E-state index in [1.54, 1.807) is 5.57 Å². The van der Waals surface area contributed by atoms with Crippen molar-refractivity contribution in [2.45, 2.75) is 77.7 Å². The largest absolute Gasteiger partial charge is 0.393 e. The van der Waals surface area contributed by atoms with Gasteiger partial charge in [-0.3, -0.25) is 0 Å². The molecule has 20 heavy (non-hydrogen) atoms. The fourth-order valence-corrected chi connectivity index (χ4v) is 6.73. The van der Waals surface area contributed by atoms with Crippen molar-refractivity contribution in [3.63, 3.8) is 0 Å². The normalized spacial score (nSPS) is 54.6. The summed E-state index contributed by atoms with van der Waals surface area (Å²) in [6.07, 6.45) is 14.4. The Hall–Kier alpha value is -0.300. The minimum Gasteiger partial charge on any atom is -0.393 e. The van der Waals surface area contributed by atoms with Crippen LogP contribution >= 0.6 is 0 Å². The number of allylic oxidation sites excluding steroid dienone is 2. The number of hydrogen-bond acceptors (Lipinski definition) is 1. The third kappa shape index (κ3) is 1.59. The van der Waals surface area contributed by atoms with E-state index < -0.39 is 0 Å². The van der Waals surface area contributed by atoms with Crippen LogP contribution in [0.5, 0.6) is 0 Å². The second-order valence-electron chi connectivity index (χ2n) is 8.59. The summed E-state index contributed by atoms with van der Waals surface area (Å²) >= 11 is 0. The van der Waals surface area contributed by atoms with Gasteiger partial charge in [-0.05, 0) is 86.4 Å². The fraction of sp³-hybridized carbons (Fsp3) is 0.895. The van der Waals surface area contributed by atoms with E-state index in [4.69, 9.17) is 0 Å². The molecule has 3 fully saturated rings. The molecule has 0 bridgehead atoms. The lowest BCUT2D eigenvalue weighted by Gasteiger charge is -2.57. The van der Waals surface area contributed by atoms with Gasteiger partial charge in [0.05, 0.1) is 6.10 Å². The molecule has 1 N–H and O–H groups in total. The van der Waals surface area contributed by atoms with E-state index >= 15 is 0 Å². The zero-order valence-electron chi connectivity index (χ0n) is 13.2. The maximum Gasteiger partial charge on any atom is 0.0596 e. The van der Waals surface area contributed by atoms with Crippen LogP contribution in [0.4, 0.5) is 0 Å². The number of rotatable bonds is 0. The third-order valence-electron chi connectivity index (χ3n) is 7.98. The lowest BCUT2D eigenvalue weighted by atomic mass is 9.47. The minimum absolute atomic E-state index is 0.0236. The second-order valence-corrected chi connectivity index (χ2v) is 8.59. The zero-order chi connectivity index (χ0) is 14.0. The second kappa shape index (κ2) is 4.35. The van der Waals surface area contributed by atoms with E-state index in [-0.39, 0.29) is 11.5 Å². The van der Waals surface area contributed by atoms with Crippen molar-refractivity contribution in [1.82, 2.24) is 0 Å². The van der Waals surface area contributed by atoms with Crippen LogP contribution in [0, 0.1) is 28.6 Å². The van der Waals surface area contributed by atoms with Crippen molar-refractivity contribution >= 4 is 0 Å². The van der Waals surface area contributed by atoms with Gasteiger partial charge in [0.2, 0.25) is 0 Å². The molecule has 0 spiro atoms. The molecule has 1 unspecified atom stereocenters. The molecule has 3 saturated carbocycles. The summed E-state index contributed by atoms with van der Waals surface area (Å²) in [5.41, 5.74) is 2.55. The smallest absolute Gasteiger partial charge is 0.0596 e. The number of fused-ring (bicyclic) bond motifs is 5. The van der Waals surface area contributed by atoms with Crippen LogP contribution < -0.4 is 0 Å². The lowest BCUT2D eigenvalue weighted by molar-refractivity contribution is -0.0736. The predicted octanol–water partition coefficient (Wildman–Crippen LogP) is 4.70. The van der Waals surface area contributed by atoms with Crippen LogP contribution in [0.2, 0.25) is 0 Å². The number of aliphatic hydroxyl groups excluding tert-OH is 1. The highest BCUT2D eigenvalue weighted by Crippen LogP contribution is 2.65. The van der Waals surface area contributed by atoms with Crippen LogP contribution in [0.15, 0.2) is 11.6 Å². The van der Waals surface area contributed by atoms with Crippen LogP contribution in [0.1, 0.15) is 71.6 Å². The summed E-state index contributed by atoms with van der Waals surface area (Å²) in [6.45, 7) is 4.96. The minimum atomic E-state index is -0.0236. The standard InChI is InChI=1S/C19H30O/c1-18-11-4-3-5-13(18)6-7-14-15-8-9-17(20)19(15,2)12-10-16(14)18/h5,14-17,20H,3-4,6-12H2,1-2H3/t14-,15-,16+,17?,18-,19-/m0/s1. The molecule has 0 aromatic rings. The average molecular weight is 274 g/mol. The van der Waals surface area contributed by atoms with Crippen LogP contribution in [-0.4, -0.2) is 11.2 Å². The van der Waals surface area contributed by atoms with Gasteiger partial charge >= 0.3 is 0 Å². The van der Waals surface area contributed by atoms with E-state index in [1.165, 1.54) is 51.4 Å². The highest BCUT2D eigenvalue weighted by molar-refractivity contribution is 5.23. The Morgan fingerprint density at radius 2 is 1.90 bits per heavy atom. The van der Waals surface area contributed by atoms with Gasteiger partial charge < -0.3 is 5.11 Å². The summed E-state index contributed by atoms with van der Waals surface area (Å²) in [5, 5.41) is 10.5. The van der Waals surface area contributed by atoms with Gasteiger partial charge in [-0.15, -0.1) is 0 Å². The molecule has 112 valence electrons. The molecule has 0 radical (unpaired) electrons. The van der Waals surface area contributed by atoms with Crippen molar-refractivity contribution in [2.75, 3.05) is 0 Å².